The van der Waals surface area contributed by atoms with Gasteiger partial charge in [0.25, 0.3) is 0 Å². The first-order chi connectivity index (χ1) is 9.19. The average Bonchev–Trinajstić information content (AvgIpc) is 3.22. The molecule has 0 heterocycles. The Morgan fingerprint density at radius 1 is 1.26 bits per heavy atom. The first-order valence-corrected chi connectivity index (χ1v) is 7.30. The lowest BCUT2D eigenvalue weighted by atomic mass is 10.0. The van der Waals surface area contributed by atoms with E-state index in [1.165, 1.54) is 30.5 Å². The van der Waals surface area contributed by atoms with Crippen molar-refractivity contribution in [3.63, 3.8) is 0 Å². The molecule has 2 N–H and O–H groups in total. The zero-order valence-electron chi connectivity index (χ0n) is 11.6. The molecule has 1 aromatic carbocycles. The van der Waals surface area contributed by atoms with E-state index in [1.807, 2.05) is 12.1 Å². The van der Waals surface area contributed by atoms with Crippen LogP contribution in [0.5, 0.6) is 0 Å². The highest BCUT2D eigenvalue weighted by Crippen LogP contribution is 2.34. The van der Waals surface area contributed by atoms with Crippen LogP contribution in [0.2, 0.25) is 0 Å². The van der Waals surface area contributed by atoms with Gasteiger partial charge in [0, 0.05) is 18.7 Å². The van der Waals surface area contributed by atoms with Crippen molar-refractivity contribution in [2.45, 2.75) is 51.1 Å². The van der Waals surface area contributed by atoms with E-state index in [-0.39, 0.29) is 12.4 Å². The normalized spacial score (nSPS) is 18.3. The summed E-state index contributed by atoms with van der Waals surface area (Å²) in [5.74, 6) is 0.590. The van der Waals surface area contributed by atoms with Crippen LogP contribution in [-0.4, -0.2) is 23.8 Å². The number of halogens is 1. The van der Waals surface area contributed by atoms with Crippen molar-refractivity contribution in [2.24, 2.45) is 5.92 Å². The summed E-state index contributed by atoms with van der Waals surface area (Å²) in [7, 11) is 0. The highest BCUT2D eigenvalue weighted by atomic mass is 19.1. The molecule has 0 amide bonds. The number of benzene rings is 1. The molecule has 1 saturated carbocycles. The molecule has 0 aromatic heterocycles. The molecule has 0 saturated heterocycles. The van der Waals surface area contributed by atoms with Crippen molar-refractivity contribution in [3.8, 4) is 0 Å². The van der Waals surface area contributed by atoms with E-state index in [0.717, 1.165) is 25.2 Å². The maximum absolute atomic E-state index is 12.8. The van der Waals surface area contributed by atoms with Gasteiger partial charge < -0.3 is 10.4 Å². The Bertz CT molecular complexity index is 375. The molecule has 0 bridgehead atoms. The largest absolute Gasteiger partial charge is 0.396 e. The SMILES string of the molecule is CC(CCc1ccc(F)cc1)NC(CCO)C1CC1. The van der Waals surface area contributed by atoms with Gasteiger partial charge in [-0.05, 0) is 62.6 Å². The second kappa shape index (κ2) is 7.01. The van der Waals surface area contributed by atoms with Crippen LogP contribution >= 0.6 is 0 Å². The molecule has 2 rings (SSSR count). The summed E-state index contributed by atoms with van der Waals surface area (Å²) in [5, 5.41) is 12.7. The molecular formula is C16H24FNO. The van der Waals surface area contributed by atoms with Gasteiger partial charge in [-0.2, -0.15) is 0 Å². The predicted octanol–water partition coefficient (Wildman–Crippen LogP) is 2.90. The van der Waals surface area contributed by atoms with Gasteiger partial charge in [-0.1, -0.05) is 12.1 Å². The molecule has 2 atom stereocenters. The molecule has 0 spiro atoms. The molecule has 106 valence electrons. The molecule has 2 nitrogen and oxygen atoms in total. The average molecular weight is 265 g/mol. The van der Waals surface area contributed by atoms with Crippen LogP contribution in [0.4, 0.5) is 4.39 Å². The van der Waals surface area contributed by atoms with E-state index in [0.29, 0.717) is 12.1 Å². The van der Waals surface area contributed by atoms with Gasteiger partial charge in [0.2, 0.25) is 0 Å². The van der Waals surface area contributed by atoms with Crippen LogP contribution in [0.15, 0.2) is 24.3 Å². The van der Waals surface area contributed by atoms with Gasteiger partial charge in [0.1, 0.15) is 5.82 Å². The van der Waals surface area contributed by atoms with E-state index in [2.05, 4.69) is 12.2 Å². The van der Waals surface area contributed by atoms with Gasteiger partial charge in [-0.3, -0.25) is 0 Å². The summed E-state index contributed by atoms with van der Waals surface area (Å²) < 4.78 is 12.8. The number of rotatable bonds is 8. The van der Waals surface area contributed by atoms with Crippen LogP contribution < -0.4 is 5.32 Å². The van der Waals surface area contributed by atoms with Crippen LogP contribution in [0.3, 0.4) is 0 Å². The first-order valence-electron chi connectivity index (χ1n) is 7.30. The summed E-state index contributed by atoms with van der Waals surface area (Å²) in [5.41, 5.74) is 1.18. The van der Waals surface area contributed by atoms with Gasteiger partial charge >= 0.3 is 0 Å². The second-order valence-corrected chi connectivity index (χ2v) is 5.69. The van der Waals surface area contributed by atoms with Crippen LogP contribution in [0.25, 0.3) is 0 Å². The molecule has 2 unspecified atom stereocenters. The van der Waals surface area contributed by atoms with Crippen molar-refractivity contribution in [1.82, 2.24) is 5.32 Å². The summed E-state index contributed by atoms with van der Waals surface area (Å²) >= 11 is 0. The highest BCUT2D eigenvalue weighted by Gasteiger charge is 2.31. The Morgan fingerprint density at radius 3 is 2.53 bits per heavy atom. The Morgan fingerprint density at radius 2 is 1.95 bits per heavy atom. The zero-order chi connectivity index (χ0) is 13.7. The standard InChI is InChI=1S/C16H24FNO/c1-12(18-16(10-11-19)14-6-7-14)2-3-13-4-8-15(17)9-5-13/h4-5,8-9,12,14,16,18-19H,2-3,6-7,10-11H2,1H3. The second-order valence-electron chi connectivity index (χ2n) is 5.69. The van der Waals surface area contributed by atoms with Crippen molar-refractivity contribution in [3.05, 3.63) is 35.6 Å². The quantitative estimate of drug-likeness (QED) is 0.757. The predicted molar refractivity (Wildman–Crippen MR) is 75.5 cm³/mol. The summed E-state index contributed by atoms with van der Waals surface area (Å²) in [6.45, 7) is 2.45. The third-order valence-electron chi connectivity index (χ3n) is 3.91. The van der Waals surface area contributed by atoms with Crippen LogP contribution in [0.1, 0.15) is 38.2 Å². The smallest absolute Gasteiger partial charge is 0.123 e. The first kappa shape index (κ1) is 14.5. The van der Waals surface area contributed by atoms with E-state index < -0.39 is 0 Å². The lowest BCUT2D eigenvalue weighted by molar-refractivity contribution is 0.248. The van der Waals surface area contributed by atoms with E-state index in [1.54, 1.807) is 0 Å². The Hall–Kier alpha value is -0.930. The number of hydrogen-bond acceptors (Lipinski definition) is 2. The monoisotopic (exact) mass is 265 g/mol. The fourth-order valence-electron chi connectivity index (χ4n) is 2.58. The Kier molecular flexibility index (Phi) is 5.34. The van der Waals surface area contributed by atoms with E-state index >= 15 is 0 Å². The van der Waals surface area contributed by atoms with Crippen molar-refractivity contribution < 1.29 is 9.50 Å². The molecule has 1 aliphatic rings. The van der Waals surface area contributed by atoms with Gasteiger partial charge in [-0.15, -0.1) is 0 Å². The number of aryl methyl sites for hydroxylation is 1. The Labute approximate surface area is 115 Å². The van der Waals surface area contributed by atoms with Gasteiger partial charge in [-0.25, -0.2) is 4.39 Å². The number of nitrogens with one attached hydrogen (secondary N) is 1. The van der Waals surface area contributed by atoms with Gasteiger partial charge in [0.15, 0.2) is 0 Å². The van der Waals surface area contributed by atoms with Crippen molar-refractivity contribution >= 4 is 0 Å². The Balaban J connectivity index is 1.73. The zero-order valence-corrected chi connectivity index (χ0v) is 11.6. The molecule has 1 aliphatic carbocycles. The van der Waals surface area contributed by atoms with Crippen molar-refractivity contribution in [2.75, 3.05) is 6.61 Å². The minimum Gasteiger partial charge on any atom is -0.396 e. The molecular weight excluding hydrogens is 241 g/mol. The summed E-state index contributed by atoms with van der Waals surface area (Å²) in [6, 6.07) is 7.65. The minimum atomic E-state index is -0.174. The molecule has 3 heteroatoms. The maximum Gasteiger partial charge on any atom is 0.123 e. The van der Waals surface area contributed by atoms with Crippen LogP contribution in [0, 0.1) is 11.7 Å². The highest BCUT2D eigenvalue weighted by molar-refractivity contribution is 5.16. The number of aliphatic hydroxyl groups is 1. The summed E-state index contributed by atoms with van der Waals surface area (Å²) in [6.07, 6.45) is 5.45. The van der Waals surface area contributed by atoms with E-state index in [9.17, 15) is 4.39 Å². The molecule has 0 aliphatic heterocycles. The fraction of sp³-hybridized carbons (Fsp3) is 0.625. The topological polar surface area (TPSA) is 32.3 Å². The lowest BCUT2D eigenvalue weighted by Crippen LogP contribution is -2.38. The van der Waals surface area contributed by atoms with Gasteiger partial charge in [0.05, 0.1) is 0 Å². The summed E-state index contributed by atoms with van der Waals surface area (Å²) in [4.78, 5) is 0. The van der Waals surface area contributed by atoms with Crippen LogP contribution in [-0.2, 0) is 6.42 Å². The minimum absolute atomic E-state index is 0.174. The lowest BCUT2D eigenvalue weighted by Gasteiger charge is -2.22. The third kappa shape index (κ3) is 4.92. The molecule has 19 heavy (non-hydrogen) atoms. The number of hydrogen-bond donors (Lipinski definition) is 2. The molecule has 1 fully saturated rings. The fourth-order valence-corrected chi connectivity index (χ4v) is 2.58. The molecule has 1 aromatic rings. The third-order valence-corrected chi connectivity index (χ3v) is 3.91. The van der Waals surface area contributed by atoms with E-state index in [4.69, 9.17) is 5.11 Å². The maximum atomic E-state index is 12.8. The van der Waals surface area contributed by atoms with Crippen molar-refractivity contribution in [1.29, 1.82) is 0 Å². The number of aliphatic hydroxyl groups excluding tert-OH is 1. The molecule has 0 radical (unpaired) electrons.